The van der Waals surface area contributed by atoms with Gasteiger partial charge in [0.2, 0.25) is 11.8 Å². The number of rotatable bonds is 12. The lowest BCUT2D eigenvalue weighted by Crippen LogP contribution is -2.55. The molecule has 0 spiro atoms. The molecule has 0 unspecified atom stereocenters. The molecule has 5 rings (SSSR count). The van der Waals surface area contributed by atoms with Gasteiger partial charge in [-0.1, -0.05) is 110 Å². The molecule has 1 saturated carbocycles. The van der Waals surface area contributed by atoms with Crippen molar-refractivity contribution in [3.8, 4) is 0 Å². The van der Waals surface area contributed by atoms with Crippen LogP contribution in [-0.2, 0) is 32.6 Å². The van der Waals surface area contributed by atoms with Crippen LogP contribution in [0.5, 0.6) is 0 Å². The zero-order valence-electron chi connectivity index (χ0n) is 26.6. The van der Waals surface area contributed by atoms with E-state index in [2.05, 4.69) is 5.32 Å². The van der Waals surface area contributed by atoms with Crippen LogP contribution in [-0.4, -0.2) is 43.8 Å². The fourth-order valence-electron chi connectivity index (χ4n) is 6.10. The van der Waals surface area contributed by atoms with Crippen LogP contribution in [0.1, 0.15) is 54.4 Å². The Hall–Kier alpha value is -4.43. The first-order chi connectivity index (χ1) is 22.2. The van der Waals surface area contributed by atoms with Gasteiger partial charge in [-0.25, -0.2) is 8.42 Å². The first-order valence-corrected chi connectivity index (χ1v) is 17.5. The molecule has 1 aliphatic carbocycles. The summed E-state index contributed by atoms with van der Waals surface area (Å²) in [4.78, 5) is 30.5. The van der Waals surface area contributed by atoms with Crippen LogP contribution < -0.4 is 9.62 Å². The first kappa shape index (κ1) is 32.9. The third-order valence-corrected chi connectivity index (χ3v) is 10.4. The van der Waals surface area contributed by atoms with E-state index >= 15 is 0 Å². The minimum Gasteiger partial charge on any atom is -0.352 e. The van der Waals surface area contributed by atoms with Gasteiger partial charge in [0, 0.05) is 19.0 Å². The standard InChI is InChI=1S/C38H43N3O4S/c1-29-23-24-30(2)35(25-29)41(46(44,45)34-21-13-6-14-22-34)28-37(42)40(27-32-17-9-4-10-18-32)36(26-31-15-7-3-8-16-31)38(43)39-33-19-11-5-12-20-33/h3-4,6-10,13-18,21-25,33,36H,5,11-12,19-20,26-28H2,1-2H3,(H,39,43)/t36-/m1/s1. The van der Waals surface area contributed by atoms with E-state index in [4.69, 9.17) is 0 Å². The van der Waals surface area contributed by atoms with Crippen molar-refractivity contribution < 1.29 is 18.0 Å². The lowest BCUT2D eigenvalue weighted by atomic mass is 9.94. The molecule has 1 fully saturated rings. The molecular formula is C38H43N3O4S. The van der Waals surface area contributed by atoms with Crippen LogP contribution in [0.25, 0.3) is 0 Å². The van der Waals surface area contributed by atoms with E-state index in [0.29, 0.717) is 12.1 Å². The Morgan fingerprint density at radius 3 is 2.00 bits per heavy atom. The lowest BCUT2D eigenvalue weighted by Gasteiger charge is -2.35. The molecule has 46 heavy (non-hydrogen) atoms. The Labute approximate surface area is 273 Å². The molecule has 0 heterocycles. The molecule has 2 amide bonds. The van der Waals surface area contributed by atoms with E-state index in [1.807, 2.05) is 86.6 Å². The number of nitrogens with one attached hydrogen (secondary N) is 1. The fraction of sp³-hybridized carbons (Fsp3) is 0.316. The number of hydrogen-bond acceptors (Lipinski definition) is 4. The van der Waals surface area contributed by atoms with E-state index in [1.165, 1.54) is 16.4 Å². The highest BCUT2D eigenvalue weighted by Crippen LogP contribution is 2.29. The highest BCUT2D eigenvalue weighted by atomic mass is 32.2. The topological polar surface area (TPSA) is 86.8 Å². The van der Waals surface area contributed by atoms with E-state index < -0.39 is 28.5 Å². The summed E-state index contributed by atoms with van der Waals surface area (Å²) in [5.74, 6) is -0.673. The van der Waals surface area contributed by atoms with Crippen molar-refractivity contribution in [3.63, 3.8) is 0 Å². The lowest BCUT2D eigenvalue weighted by molar-refractivity contribution is -0.140. The summed E-state index contributed by atoms with van der Waals surface area (Å²) in [6, 6.07) is 32.2. The Morgan fingerprint density at radius 1 is 0.783 bits per heavy atom. The SMILES string of the molecule is Cc1ccc(C)c(N(CC(=O)N(Cc2ccccc2)[C@H](Cc2ccccc2)C(=O)NC2CCCCC2)S(=O)(=O)c2ccccc2)c1. The molecule has 0 aliphatic heterocycles. The number of aryl methyl sites for hydroxylation is 2. The molecule has 1 atom stereocenters. The Kier molecular flexibility index (Phi) is 10.9. The van der Waals surface area contributed by atoms with Crippen molar-refractivity contribution in [3.05, 3.63) is 131 Å². The predicted molar refractivity (Wildman–Crippen MR) is 183 cm³/mol. The highest BCUT2D eigenvalue weighted by Gasteiger charge is 2.35. The quantitative estimate of drug-likeness (QED) is 0.190. The summed E-state index contributed by atoms with van der Waals surface area (Å²) in [5, 5.41) is 3.25. The summed E-state index contributed by atoms with van der Waals surface area (Å²) >= 11 is 0. The highest BCUT2D eigenvalue weighted by molar-refractivity contribution is 7.92. The second-order valence-corrected chi connectivity index (χ2v) is 14.0. The van der Waals surface area contributed by atoms with Gasteiger partial charge in [0.05, 0.1) is 10.6 Å². The number of carbonyl (C=O) groups excluding carboxylic acids is 2. The normalized spacial score (nSPS) is 14.3. The molecule has 240 valence electrons. The van der Waals surface area contributed by atoms with Crippen molar-refractivity contribution in [1.29, 1.82) is 0 Å². The Balaban J connectivity index is 1.57. The molecule has 4 aromatic carbocycles. The van der Waals surface area contributed by atoms with Crippen molar-refractivity contribution >= 4 is 27.5 Å². The van der Waals surface area contributed by atoms with Crippen LogP contribution in [0.15, 0.2) is 114 Å². The van der Waals surface area contributed by atoms with Gasteiger partial charge in [0.15, 0.2) is 0 Å². The van der Waals surface area contributed by atoms with Crippen LogP contribution in [0.3, 0.4) is 0 Å². The molecule has 1 aliphatic rings. The van der Waals surface area contributed by atoms with E-state index in [0.717, 1.165) is 54.4 Å². The maximum Gasteiger partial charge on any atom is 0.264 e. The molecule has 0 saturated heterocycles. The largest absolute Gasteiger partial charge is 0.352 e. The van der Waals surface area contributed by atoms with Gasteiger partial charge in [-0.2, -0.15) is 0 Å². The van der Waals surface area contributed by atoms with Gasteiger partial charge >= 0.3 is 0 Å². The van der Waals surface area contributed by atoms with Crippen LogP contribution in [0.2, 0.25) is 0 Å². The predicted octanol–water partition coefficient (Wildman–Crippen LogP) is 6.59. The Bertz CT molecular complexity index is 1710. The zero-order valence-corrected chi connectivity index (χ0v) is 27.5. The number of hydrogen-bond donors (Lipinski definition) is 1. The van der Waals surface area contributed by atoms with Gasteiger partial charge in [0.1, 0.15) is 12.6 Å². The summed E-state index contributed by atoms with van der Waals surface area (Å²) in [7, 11) is -4.14. The number of amides is 2. The van der Waals surface area contributed by atoms with Gasteiger partial charge in [-0.3, -0.25) is 13.9 Å². The molecule has 0 bridgehead atoms. The fourth-order valence-corrected chi connectivity index (χ4v) is 7.59. The molecule has 8 heteroatoms. The summed E-state index contributed by atoms with van der Waals surface area (Å²) < 4.78 is 29.7. The molecule has 0 aromatic heterocycles. The second-order valence-electron chi connectivity index (χ2n) is 12.2. The number of carbonyl (C=O) groups is 2. The number of benzene rings is 4. The average molecular weight is 638 g/mol. The third-order valence-electron chi connectivity index (χ3n) is 8.66. The summed E-state index contributed by atoms with van der Waals surface area (Å²) in [6.07, 6.45) is 5.39. The number of sulfonamides is 1. The average Bonchev–Trinajstić information content (AvgIpc) is 3.08. The van der Waals surface area contributed by atoms with E-state index in [-0.39, 0.29) is 23.4 Å². The van der Waals surface area contributed by atoms with Gasteiger partial charge < -0.3 is 10.2 Å². The first-order valence-electron chi connectivity index (χ1n) is 16.0. The van der Waals surface area contributed by atoms with Crippen LogP contribution >= 0.6 is 0 Å². The number of nitrogens with zero attached hydrogens (tertiary/aromatic N) is 2. The van der Waals surface area contributed by atoms with Gasteiger partial charge in [-0.15, -0.1) is 0 Å². The minimum absolute atomic E-state index is 0.0538. The summed E-state index contributed by atoms with van der Waals surface area (Å²) in [5.41, 5.74) is 3.80. The van der Waals surface area contributed by atoms with Crippen LogP contribution in [0.4, 0.5) is 5.69 Å². The molecule has 4 aromatic rings. The monoisotopic (exact) mass is 637 g/mol. The second kappa shape index (κ2) is 15.2. The van der Waals surface area contributed by atoms with Gasteiger partial charge in [-0.05, 0) is 67.1 Å². The molecular weight excluding hydrogens is 595 g/mol. The minimum atomic E-state index is -4.14. The molecule has 1 N–H and O–H groups in total. The van der Waals surface area contributed by atoms with E-state index in [1.54, 1.807) is 29.2 Å². The molecule has 7 nitrogen and oxygen atoms in total. The van der Waals surface area contributed by atoms with E-state index in [9.17, 15) is 18.0 Å². The smallest absolute Gasteiger partial charge is 0.264 e. The van der Waals surface area contributed by atoms with Gasteiger partial charge in [0.25, 0.3) is 10.0 Å². The number of anilines is 1. The third kappa shape index (κ3) is 8.23. The summed E-state index contributed by atoms with van der Waals surface area (Å²) in [6.45, 7) is 3.42. The molecule has 0 radical (unpaired) electrons. The van der Waals surface area contributed by atoms with Crippen molar-refractivity contribution in [2.45, 2.75) is 75.9 Å². The van der Waals surface area contributed by atoms with Crippen molar-refractivity contribution in [2.24, 2.45) is 0 Å². The maximum atomic E-state index is 14.7. The van der Waals surface area contributed by atoms with Crippen molar-refractivity contribution in [2.75, 3.05) is 10.8 Å². The van der Waals surface area contributed by atoms with Crippen LogP contribution in [0, 0.1) is 13.8 Å². The Morgan fingerprint density at radius 2 is 1.37 bits per heavy atom. The van der Waals surface area contributed by atoms with Crippen molar-refractivity contribution in [1.82, 2.24) is 10.2 Å². The zero-order chi connectivity index (χ0) is 32.5. The maximum absolute atomic E-state index is 14.7.